The van der Waals surface area contributed by atoms with Crippen LogP contribution in [-0.2, 0) is 4.74 Å². The van der Waals surface area contributed by atoms with Gasteiger partial charge >= 0.3 is 0 Å². The molecule has 53 valence electrons. The number of hydrogen-bond acceptors (Lipinski definition) is 1. The lowest BCUT2D eigenvalue weighted by atomic mass is 9.96. The summed E-state index contributed by atoms with van der Waals surface area (Å²) in [5, 5.41) is 0. The predicted molar refractivity (Wildman–Crippen MR) is 38.2 cm³/mol. The standard InChI is InChI=1S/C8H15O/c1-7-5-4-6-8(2,3)9-7/h7H,1,4-6H2,2-3H3. The van der Waals surface area contributed by atoms with E-state index in [1.807, 2.05) is 0 Å². The average molecular weight is 127 g/mol. The summed E-state index contributed by atoms with van der Waals surface area (Å²) in [6.07, 6.45) is 3.80. The van der Waals surface area contributed by atoms with Crippen LogP contribution in [-0.4, -0.2) is 11.7 Å². The largest absolute Gasteiger partial charge is 0.372 e. The lowest BCUT2D eigenvalue weighted by Gasteiger charge is -2.34. The molecule has 9 heavy (non-hydrogen) atoms. The van der Waals surface area contributed by atoms with Crippen molar-refractivity contribution in [2.24, 2.45) is 0 Å². The highest BCUT2D eigenvalue weighted by Gasteiger charge is 2.25. The molecule has 0 N–H and O–H groups in total. The average Bonchev–Trinajstić information content (AvgIpc) is 1.60. The maximum Gasteiger partial charge on any atom is 0.0630 e. The molecule has 1 heteroatoms. The Kier molecular flexibility index (Phi) is 1.80. The molecule has 1 aliphatic rings. The molecule has 1 atom stereocenters. The SMILES string of the molecule is [CH2]C1CCCC(C)(C)O1. The second-order valence-electron chi connectivity index (χ2n) is 3.39. The second-order valence-corrected chi connectivity index (χ2v) is 3.39. The third-order valence-electron chi connectivity index (χ3n) is 1.79. The zero-order valence-corrected chi connectivity index (χ0v) is 6.31. The summed E-state index contributed by atoms with van der Waals surface area (Å²) in [4.78, 5) is 0. The van der Waals surface area contributed by atoms with Gasteiger partial charge in [-0.3, -0.25) is 0 Å². The molecule has 1 radical (unpaired) electrons. The van der Waals surface area contributed by atoms with Crippen LogP contribution >= 0.6 is 0 Å². The van der Waals surface area contributed by atoms with Crippen LogP contribution in [0.5, 0.6) is 0 Å². The van der Waals surface area contributed by atoms with Crippen LogP contribution in [0.15, 0.2) is 0 Å². The maximum absolute atomic E-state index is 5.56. The molecule has 0 aromatic heterocycles. The molecule has 1 nitrogen and oxygen atoms in total. The number of ether oxygens (including phenoxy) is 1. The van der Waals surface area contributed by atoms with Gasteiger partial charge in [0.25, 0.3) is 0 Å². The monoisotopic (exact) mass is 127 g/mol. The Balaban J connectivity index is 2.41. The number of hydrogen-bond donors (Lipinski definition) is 0. The van der Waals surface area contributed by atoms with Crippen LogP contribution < -0.4 is 0 Å². The van der Waals surface area contributed by atoms with Gasteiger partial charge in [-0.2, -0.15) is 0 Å². The van der Waals surface area contributed by atoms with Crippen molar-refractivity contribution in [3.8, 4) is 0 Å². The Morgan fingerprint density at radius 1 is 1.56 bits per heavy atom. The molecule has 0 aromatic carbocycles. The summed E-state index contributed by atoms with van der Waals surface area (Å²) in [5.74, 6) is 0. The van der Waals surface area contributed by atoms with Crippen molar-refractivity contribution in [2.75, 3.05) is 0 Å². The van der Waals surface area contributed by atoms with E-state index in [1.165, 1.54) is 12.8 Å². The molecule has 1 unspecified atom stereocenters. The Morgan fingerprint density at radius 3 is 2.56 bits per heavy atom. The first-order valence-corrected chi connectivity index (χ1v) is 3.61. The summed E-state index contributed by atoms with van der Waals surface area (Å²) < 4.78 is 5.56. The maximum atomic E-state index is 5.56. The smallest absolute Gasteiger partial charge is 0.0630 e. The van der Waals surface area contributed by atoms with Gasteiger partial charge < -0.3 is 4.74 Å². The first-order valence-electron chi connectivity index (χ1n) is 3.61. The zero-order valence-electron chi connectivity index (χ0n) is 6.31. The fourth-order valence-electron chi connectivity index (χ4n) is 1.32. The molecular weight excluding hydrogens is 112 g/mol. The minimum absolute atomic E-state index is 0.0880. The van der Waals surface area contributed by atoms with E-state index in [2.05, 4.69) is 20.8 Å². The topological polar surface area (TPSA) is 9.23 Å². The molecule has 1 aliphatic heterocycles. The molecule has 1 heterocycles. The minimum atomic E-state index is 0.0880. The first-order chi connectivity index (χ1) is 4.10. The first kappa shape index (κ1) is 7.07. The van der Waals surface area contributed by atoms with Crippen molar-refractivity contribution in [3.05, 3.63) is 6.92 Å². The van der Waals surface area contributed by atoms with Gasteiger partial charge in [-0.1, -0.05) is 0 Å². The Bertz CT molecular complexity index is 96.7. The van der Waals surface area contributed by atoms with E-state index >= 15 is 0 Å². The van der Waals surface area contributed by atoms with Gasteiger partial charge in [0, 0.05) is 0 Å². The quantitative estimate of drug-likeness (QED) is 0.484. The molecule has 0 aromatic rings. The summed E-state index contributed by atoms with van der Waals surface area (Å²) in [5.41, 5.74) is 0.0880. The Labute approximate surface area is 57.4 Å². The molecule has 1 fully saturated rings. The molecule has 0 aliphatic carbocycles. The van der Waals surface area contributed by atoms with Gasteiger partial charge in [-0.15, -0.1) is 0 Å². The predicted octanol–water partition coefficient (Wildman–Crippen LogP) is 2.17. The Morgan fingerprint density at radius 2 is 2.22 bits per heavy atom. The zero-order chi connectivity index (χ0) is 6.91. The molecule has 0 bridgehead atoms. The van der Waals surface area contributed by atoms with E-state index in [0.29, 0.717) is 0 Å². The number of rotatable bonds is 0. The van der Waals surface area contributed by atoms with Crippen LogP contribution in [0.3, 0.4) is 0 Å². The summed E-state index contributed by atoms with van der Waals surface area (Å²) in [6, 6.07) is 0. The molecule has 0 amide bonds. The van der Waals surface area contributed by atoms with Gasteiger partial charge in [0.2, 0.25) is 0 Å². The van der Waals surface area contributed by atoms with E-state index in [1.54, 1.807) is 0 Å². The summed E-state index contributed by atoms with van der Waals surface area (Å²) in [6.45, 7) is 8.13. The van der Waals surface area contributed by atoms with Crippen LogP contribution in [0, 0.1) is 6.92 Å². The molecule has 0 saturated carbocycles. The van der Waals surface area contributed by atoms with Crippen LogP contribution in [0.2, 0.25) is 0 Å². The highest BCUT2D eigenvalue weighted by atomic mass is 16.5. The van der Waals surface area contributed by atoms with Crippen molar-refractivity contribution in [1.29, 1.82) is 0 Å². The fraction of sp³-hybridized carbons (Fsp3) is 0.875. The second kappa shape index (κ2) is 2.30. The van der Waals surface area contributed by atoms with Gasteiger partial charge in [-0.05, 0) is 40.0 Å². The van der Waals surface area contributed by atoms with Crippen LogP contribution in [0.1, 0.15) is 33.1 Å². The highest BCUT2D eigenvalue weighted by Crippen LogP contribution is 2.26. The summed E-state index contributed by atoms with van der Waals surface area (Å²) in [7, 11) is 0. The molecular formula is C8H15O. The normalized spacial score (nSPS) is 34.3. The van der Waals surface area contributed by atoms with Gasteiger partial charge in [0.15, 0.2) is 0 Å². The minimum Gasteiger partial charge on any atom is -0.372 e. The van der Waals surface area contributed by atoms with Crippen molar-refractivity contribution in [1.82, 2.24) is 0 Å². The van der Waals surface area contributed by atoms with Crippen LogP contribution in [0.25, 0.3) is 0 Å². The van der Waals surface area contributed by atoms with Crippen molar-refractivity contribution in [2.45, 2.75) is 44.8 Å². The van der Waals surface area contributed by atoms with Gasteiger partial charge in [-0.25, -0.2) is 0 Å². The highest BCUT2D eigenvalue weighted by molar-refractivity contribution is 4.78. The third-order valence-corrected chi connectivity index (χ3v) is 1.79. The van der Waals surface area contributed by atoms with E-state index in [4.69, 9.17) is 4.74 Å². The lowest BCUT2D eigenvalue weighted by molar-refractivity contribution is -0.0870. The van der Waals surface area contributed by atoms with E-state index < -0.39 is 0 Å². The Hall–Kier alpha value is -0.0400. The van der Waals surface area contributed by atoms with E-state index in [0.717, 1.165) is 6.42 Å². The van der Waals surface area contributed by atoms with E-state index in [9.17, 15) is 0 Å². The van der Waals surface area contributed by atoms with Gasteiger partial charge in [0.1, 0.15) is 0 Å². The van der Waals surface area contributed by atoms with Crippen molar-refractivity contribution in [3.63, 3.8) is 0 Å². The van der Waals surface area contributed by atoms with Gasteiger partial charge in [0.05, 0.1) is 11.7 Å². The van der Waals surface area contributed by atoms with Crippen LogP contribution in [0.4, 0.5) is 0 Å². The van der Waals surface area contributed by atoms with Crippen molar-refractivity contribution >= 4 is 0 Å². The van der Waals surface area contributed by atoms with E-state index in [-0.39, 0.29) is 11.7 Å². The molecule has 1 saturated heterocycles. The lowest BCUT2D eigenvalue weighted by Crippen LogP contribution is -2.33. The van der Waals surface area contributed by atoms with Crippen molar-refractivity contribution < 1.29 is 4.74 Å². The molecule has 1 rings (SSSR count). The third kappa shape index (κ3) is 1.98. The molecule has 0 spiro atoms. The fourth-order valence-corrected chi connectivity index (χ4v) is 1.32. The summed E-state index contributed by atoms with van der Waals surface area (Å²) >= 11 is 0.